The van der Waals surface area contributed by atoms with Crippen LogP contribution in [0.4, 0.5) is 18.0 Å². The number of aryl methyl sites for hydroxylation is 1. The van der Waals surface area contributed by atoms with Gasteiger partial charge in [-0.3, -0.25) is 4.90 Å². The van der Waals surface area contributed by atoms with Gasteiger partial charge >= 0.3 is 18.2 Å². The maximum absolute atomic E-state index is 11.9. The molecule has 0 radical (unpaired) electrons. The molecule has 2 aliphatic heterocycles. The Hall–Kier alpha value is -2.34. The standard InChI is InChI=1S/C16H26N4O3.C2HF3O2/c1-12-8-14(18-23-12)10-20-6-5-16(11-20)9-13(4-7-22-16)17-15(21)19(2)3;3-2(4,5)1(6)7/h8,13H,4-7,9-11H2,1-3H3,(H,17,21);(H,6,7)/t13-,16+;/m0./s1. The summed E-state index contributed by atoms with van der Waals surface area (Å²) in [5.74, 6) is -1.92. The Bertz CT molecular complexity index is 740. The zero-order chi connectivity index (χ0) is 22.5. The molecule has 2 aliphatic rings. The van der Waals surface area contributed by atoms with Crippen molar-refractivity contribution in [1.82, 2.24) is 20.3 Å². The SMILES string of the molecule is Cc1cc(CN2CC[C@@]3(C[C@@H](NC(=O)N(C)C)CCO3)C2)no1.O=C(O)C(F)(F)F. The van der Waals surface area contributed by atoms with E-state index in [1.165, 1.54) is 0 Å². The van der Waals surface area contributed by atoms with Gasteiger partial charge in [-0.15, -0.1) is 0 Å². The topological polar surface area (TPSA) is 108 Å². The van der Waals surface area contributed by atoms with E-state index < -0.39 is 12.1 Å². The molecule has 2 N–H and O–H groups in total. The molecule has 1 aromatic heterocycles. The smallest absolute Gasteiger partial charge is 0.475 e. The third-order valence-corrected chi connectivity index (χ3v) is 4.93. The van der Waals surface area contributed by atoms with Crippen molar-refractivity contribution in [3.63, 3.8) is 0 Å². The Labute approximate surface area is 172 Å². The van der Waals surface area contributed by atoms with Gasteiger partial charge in [0.15, 0.2) is 0 Å². The number of likely N-dealkylation sites (tertiary alicyclic amines) is 1. The molecule has 9 nitrogen and oxygen atoms in total. The monoisotopic (exact) mass is 436 g/mol. The fraction of sp³-hybridized carbons (Fsp3) is 0.722. The maximum Gasteiger partial charge on any atom is 0.490 e. The summed E-state index contributed by atoms with van der Waals surface area (Å²) in [5.41, 5.74) is 0.828. The van der Waals surface area contributed by atoms with E-state index in [2.05, 4.69) is 15.4 Å². The van der Waals surface area contributed by atoms with Crippen LogP contribution in [0.3, 0.4) is 0 Å². The van der Waals surface area contributed by atoms with Gasteiger partial charge in [0.1, 0.15) is 5.76 Å². The van der Waals surface area contributed by atoms with Crippen LogP contribution >= 0.6 is 0 Å². The molecular weight excluding hydrogens is 409 g/mol. The number of carbonyl (C=O) groups excluding carboxylic acids is 1. The van der Waals surface area contributed by atoms with Crippen LogP contribution in [-0.4, -0.2) is 83.7 Å². The lowest BCUT2D eigenvalue weighted by atomic mass is 9.89. The van der Waals surface area contributed by atoms with E-state index in [9.17, 15) is 18.0 Å². The second-order valence-electron chi connectivity index (χ2n) is 7.76. The largest absolute Gasteiger partial charge is 0.490 e. The van der Waals surface area contributed by atoms with E-state index in [-0.39, 0.29) is 17.7 Å². The third kappa shape index (κ3) is 6.87. The van der Waals surface area contributed by atoms with Gasteiger partial charge < -0.3 is 24.6 Å². The molecule has 1 aromatic rings. The molecule has 3 heterocycles. The number of aliphatic carboxylic acids is 1. The lowest BCUT2D eigenvalue weighted by Crippen LogP contribution is -2.51. The number of carboxylic acids is 1. The Morgan fingerprint density at radius 3 is 2.63 bits per heavy atom. The Morgan fingerprint density at radius 2 is 2.10 bits per heavy atom. The van der Waals surface area contributed by atoms with Crippen molar-refractivity contribution in [2.24, 2.45) is 0 Å². The van der Waals surface area contributed by atoms with E-state index in [1.807, 2.05) is 13.0 Å². The number of hydrogen-bond donors (Lipinski definition) is 2. The van der Waals surface area contributed by atoms with Crippen LogP contribution in [0.25, 0.3) is 0 Å². The summed E-state index contributed by atoms with van der Waals surface area (Å²) in [4.78, 5) is 24.7. The number of carbonyl (C=O) groups is 2. The van der Waals surface area contributed by atoms with Gasteiger partial charge in [0.25, 0.3) is 0 Å². The maximum atomic E-state index is 11.9. The lowest BCUT2D eigenvalue weighted by molar-refractivity contribution is -0.192. The van der Waals surface area contributed by atoms with Crippen LogP contribution in [0.2, 0.25) is 0 Å². The molecule has 170 valence electrons. The Balaban J connectivity index is 0.000000396. The lowest BCUT2D eigenvalue weighted by Gasteiger charge is -2.38. The number of carboxylic acid groups (broad SMARTS) is 1. The number of ether oxygens (including phenoxy) is 1. The normalized spacial score (nSPS) is 24.3. The highest BCUT2D eigenvalue weighted by Gasteiger charge is 2.43. The van der Waals surface area contributed by atoms with Crippen LogP contribution in [-0.2, 0) is 16.1 Å². The number of rotatable bonds is 3. The van der Waals surface area contributed by atoms with E-state index in [4.69, 9.17) is 19.2 Å². The average molecular weight is 436 g/mol. The van der Waals surface area contributed by atoms with E-state index in [0.29, 0.717) is 6.61 Å². The quantitative estimate of drug-likeness (QED) is 0.746. The molecule has 0 aromatic carbocycles. The molecule has 3 rings (SSSR count). The number of alkyl halides is 3. The van der Waals surface area contributed by atoms with Crippen LogP contribution in [0.1, 0.15) is 30.7 Å². The minimum atomic E-state index is -5.08. The summed E-state index contributed by atoms with van der Waals surface area (Å²) in [6.07, 6.45) is -2.33. The third-order valence-electron chi connectivity index (χ3n) is 4.93. The van der Waals surface area contributed by atoms with Crippen LogP contribution in [0.15, 0.2) is 10.6 Å². The highest BCUT2D eigenvalue weighted by atomic mass is 19.4. The predicted octanol–water partition coefficient (Wildman–Crippen LogP) is 2.01. The molecular formula is C18H27F3N4O5. The highest BCUT2D eigenvalue weighted by molar-refractivity contribution is 5.74. The Morgan fingerprint density at radius 1 is 1.43 bits per heavy atom. The molecule has 30 heavy (non-hydrogen) atoms. The summed E-state index contributed by atoms with van der Waals surface area (Å²) < 4.78 is 43.0. The second-order valence-corrected chi connectivity index (χ2v) is 7.76. The summed E-state index contributed by atoms with van der Waals surface area (Å²) in [7, 11) is 3.53. The summed E-state index contributed by atoms with van der Waals surface area (Å²) in [5, 5.41) is 14.3. The van der Waals surface area contributed by atoms with Crippen LogP contribution < -0.4 is 5.32 Å². The van der Waals surface area contributed by atoms with Crippen molar-refractivity contribution in [2.45, 2.75) is 50.6 Å². The summed E-state index contributed by atoms with van der Waals surface area (Å²) >= 11 is 0. The number of hydrogen-bond acceptors (Lipinski definition) is 6. The van der Waals surface area contributed by atoms with Crippen molar-refractivity contribution < 1.29 is 37.1 Å². The number of nitrogens with one attached hydrogen (secondary N) is 1. The molecule has 2 amide bonds. The molecule has 12 heteroatoms. The summed E-state index contributed by atoms with van der Waals surface area (Å²) in [6.45, 7) is 5.27. The van der Waals surface area contributed by atoms with Crippen molar-refractivity contribution in [3.8, 4) is 0 Å². The minimum absolute atomic E-state index is 0.0278. The summed E-state index contributed by atoms with van der Waals surface area (Å²) in [6, 6.07) is 2.14. The Kier molecular flexibility index (Phi) is 7.70. The number of amides is 2. The fourth-order valence-corrected chi connectivity index (χ4v) is 3.52. The zero-order valence-corrected chi connectivity index (χ0v) is 17.2. The molecule has 0 unspecified atom stereocenters. The van der Waals surface area contributed by atoms with Gasteiger partial charge in [0, 0.05) is 52.4 Å². The van der Waals surface area contributed by atoms with Gasteiger partial charge in [-0.2, -0.15) is 13.2 Å². The van der Waals surface area contributed by atoms with Crippen molar-refractivity contribution in [1.29, 1.82) is 0 Å². The first-order chi connectivity index (χ1) is 13.9. The van der Waals surface area contributed by atoms with Gasteiger partial charge in [-0.1, -0.05) is 5.16 Å². The van der Waals surface area contributed by atoms with Gasteiger partial charge in [-0.25, -0.2) is 9.59 Å². The predicted molar refractivity (Wildman–Crippen MR) is 98.7 cm³/mol. The number of halogens is 3. The van der Waals surface area contributed by atoms with Crippen molar-refractivity contribution in [3.05, 3.63) is 17.5 Å². The molecule has 1 spiro atoms. The average Bonchev–Trinajstić information content (AvgIpc) is 3.21. The first kappa shape index (κ1) is 23.9. The van der Waals surface area contributed by atoms with Gasteiger partial charge in [0.2, 0.25) is 0 Å². The van der Waals surface area contributed by atoms with E-state index >= 15 is 0 Å². The number of urea groups is 1. The van der Waals surface area contributed by atoms with Crippen LogP contribution in [0, 0.1) is 6.92 Å². The first-order valence-corrected chi connectivity index (χ1v) is 9.47. The number of aromatic nitrogens is 1. The number of nitrogens with zero attached hydrogens (tertiary/aromatic N) is 3. The molecule has 0 aliphatic carbocycles. The van der Waals surface area contributed by atoms with Crippen LogP contribution in [0.5, 0.6) is 0 Å². The second kappa shape index (κ2) is 9.65. The van der Waals surface area contributed by atoms with E-state index in [1.54, 1.807) is 19.0 Å². The van der Waals surface area contributed by atoms with Gasteiger partial charge in [0.05, 0.1) is 11.3 Å². The molecule has 0 saturated carbocycles. The van der Waals surface area contributed by atoms with E-state index in [0.717, 1.165) is 50.4 Å². The minimum Gasteiger partial charge on any atom is -0.475 e. The molecule has 0 bridgehead atoms. The van der Waals surface area contributed by atoms with Crippen molar-refractivity contribution in [2.75, 3.05) is 33.8 Å². The molecule has 2 fully saturated rings. The fourth-order valence-electron chi connectivity index (χ4n) is 3.52. The zero-order valence-electron chi connectivity index (χ0n) is 17.2. The highest BCUT2D eigenvalue weighted by Crippen LogP contribution is 2.34. The first-order valence-electron chi connectivity index (χ1n) is 9.47. The molecule has 2 atom stereocenters. The van der Waals surface area contributed by atoms with Gasteiger partial charge in [-0.05, 0) is 26.2 Å². The van der Waals surface area contributed by atoms with Crippen molar-refractivity contribution >= 4 is 12.0 Å². The molecule has 2 saturated heterocycles.